The van der Waals surface area contributed by atoms with Crippen LogP contribution in [0.15, 0.2) is 28.7 Å². The fourth-order valence-electron chi connectivity index (χ4n) is 1.25. The average Bonchev–Trinajstić information content (AvgIpc) is 2.14. The van der Waals surface area contributed by atoms with Crippen LogP contribution in [0.5, 0.6) is 0 Å². The Hall–Kier alpha value is -0.390. The number of rotatable bonds is 4. The zero-order valence-electron chi connectivity index (χ0n) is 8.60. The molecule has 0 radical (unpaired) electrons. The predicted octanol–water partition coefficient (Wildman–Crippen LogP) is 2.88. The van der Waals surface area contributed by atoms with E-state index in [-0.39, 0.29) is 0 Å². The summed E-state index contributed by atoms with van der Waals surface area (Å²) in [5.74, 6) is 0. The molecule has 1 aromatic rings. The van der Waals surface area contributed by atoms with E-state index < -0.39 is 16.2 Å². The summed E-state index contributed by atoms with van der Waals surface area (Å²) in [5.41, 5.74) is 0.867. The van der Waals surface area contributed by atoms with Gasteiger partial charge in [0, 0.05) is 4.47 Å². The Morgan fingerprint density at radius 2 is 1.87 bits per heavy atom. The SMILES string of the molecule is CCC(OS(C)(=O)=O)c1ccc(Br)cc1. The first-order valence-electron chi connectivity index (χ1n) is 4.56. The van der Waals surface area contributed by atoms with Gasteiger partial charge in [-0.3, -0.25) is 4.18 Å². The second-order valence-electron chi connectivity index (χ2n) is 3.25. The molecule has 1 rings (SSSR count). The fraction of sp³-hybridized carbons (Fsp3) is 0.400. The summed E-state index contributed by atoms with van der Waals surface area (Å²) < 4.78 is 27.9. The number of benzene rings is 1. The van der Waals surface area contributed by atoms with Crippen molar-refractivity contribution in [1.29, 1.82) is 0 Å². The molecule has 0 saturated carbocycles. The van der Waals surface area contributed by atoms with Gasteiger partial charge in [-0.25, -0.2) is 0 Å². The Bertz CT molecular complexity index is 411. The highest BCUT2D eigenvalue weighted by molar-refractivity contribution is 9.10. The number of hydrogen-bond acceptors (Lipinski definition) is 3. The molecule has 5 heteroatoms. The van der Waals surface area contributed by atoms with Gasteiger partial charge >= 0.3 is 0 Å². The van der Waals surface area contributed by atoms with Crippen molar-refractivity contribution in [1.82, 2.24) is 0 Å². The largest absolute Gasteiger partial charge is 0.264 e. The van der Waals surface area contributed by atoms with Gasteiger partial charge in [-0.05, 0) is 24.1 Å². The molecule has 0 aromatic heterocycles. The molecule has 84 valence electrons. The van der Waals surface area contributed by atoms with Crippen molar-refractivity contribution in [3.05, 3.63) is 34.3 Å². The Morgan fingerprint density at radius 1 is 1.33 bits per heavy atom. The summed E-state index contributed by atoms with van der Waals surface area (Å²) >= 11 is 3.32. The lowest BCUT2D eigenvalue weighted by Gasteiger charge is -2.14. The molecule has 0 fully saturated rings. The van der Waals surface area contributed by atoms with E-state index in [2.05, 4.69) is 15.9 Å². The van der Waals surface area contributed by atoms with Gasteiger partial charge in [0.15, 0.2) is 0 Å². The topological polar surface area (TPSA) is 43.4 Å². The average molecular weight is 293 g/mol. The Kier molecular flexibility index (Phi) is 4.31. The van der Waals surface area contributed by atoms with E-state index in [0.717, 1.165) is 16.3 Å². The zero-order valence-corrected chi connectivity index (χ0v) is 11.0. The van der Waals surface area contributed by atoms with Crippen molar-refractivity contribution in [2.24, 2.45) is 0 Å². The van der Waals surface area contributed by atoms with Gasteiger partial charge in [0.05, 0.1) is 6.26 Å². The molecule has 1 aromatic carbocycles. The minimum atomic E-state index is -3.41. The maximum absolute atomic E-state index is 11.0. The predicted molar refractivity (Wildman–Crippen MR) is 63.1 cm³/mol. The van der Waals surface area contributed by atoms with Crippen molar-refractivity contribution >= 4 is 26.0 Å². The van der Waals surface area contributed by atoms with Crippen LogP contribution < -0.4 is 0 Å². The van der Waals surface area contributed by atoms with Crippen molar-refractivity contribution in [3.63, 3.8) is 0 Å². The monoisotopic (exact) mass is 292 g/mol. The van der Waals surface area contributed by atoms with E-state index in [0.29, 0.717) is 6.42 Å². The van der Waals surface area contributed by atoms with Crippen LogP contribution >= 0.6 is 15.9 Å². The summed E-state index contributed by atoms with van der Waals surface area (Å²) in [5, 5.41) is 0. The number of hydrogen-bond donors (Lipinski definition) is 0. The Labute approximate surface area is 98.7 Å². The molecule has 0 amide bonds. The van der Waals surface area contributed by atoms with Crippen molar-refractivity contribution in [2.45, 2.75) is 19.4 Å². The molecule has 0 spiro atoms. The minimum absolute atomic E-state index is 0.395. The van der Waals surface area contributed by atoms with E-state index in [1.54, 1.807) is 0 Å². The Morgan fingerprint density at radius 3 is 2.27 bits per heavy atom. The smallest absolute Gasteiger partial charge is 0.262 e. The molecule has 15 heavy (non-hydrogen) atoms. The van der Waals surface area contributed by atoms with Crippen molar-refractivity contribution in [2.75, 3.05) is 6.26 Å². The molecule has 0 aliphatic rings. The van der Waals surface area contributed by atoms with Gasteiger partial charge in [0.25, 0.3) is 10.1 Å². The van der Waals surface area contributed by atoms with Crippen LogP contribution in [-0.2, 0) is 14.3 Å². The summed E-state index contributed by atoms with van der Waals surface area (Å²) in [6.07, 6.45) is 1.29. The van der Waals surface area contributed by atoms with Gasteiger partial charge in [0.2, 0.25) is 0 Å². The molecule has 0 aliphatic carbocycles. The zero-order chi connectivity index (χ0) is 11.5. The van der Waals surface area contributed by atoms with E-state index in [4.69, 9.17) is 4.18 Å². The molecule has 0 bridgehead atoms. The number of halogens is 1. The van der Waals surface area contributed by atoms with E-state index in [1.165, 1.54) is 0 Å². The quantitative estimate of drug-likeness (QED) is 0.802. The first-order valence-corrected chi connectivity index (χ1v) is 7.17. The standard InChI is InChI=1S/C10H13BrO3S/c1-3-10(14-15(2,12)13)8-4-6-9(11)7-5-8/h4-7,10H,3H2,1-2H3. The van der Waals surface area contributed by atoms with Crippen LogP contribution in [0.4, 0.5) is 0 Å². The first-order chi connectivity index (χ1) is 6.92. The van der Waals surface area contributed by atoms with Crippen LogP contribution in [0.25, 0.3) is 0 Å². The molecule has 1 atom stereocenters. The highest BCUT2D eigenvalue weighted by Gasteiger charge is 2.15. The molecule has 0 heterocycles. The first kappa shape index (κ1) is 12.7. The minimum Gasteiger partial charge on any atom is -0.262 e. The summed E-state index contributed by atoms with van der Waals surface area (Å²) in [6, 6.07) is 7.43. The molecular weight excluding hydrogens is 280 g/mol. The van der Waals surface area contributed by atoms with E-state index >= 15 is 0 Å². The molecular formula is C10H13BrO3S. The van der Waals surface area contributed by atoms with Crippen LogP contribution in [0.3, 0.4) is 0 Å². The van der Waals surface area contributed by atoms with Crippen molar-refractivity contribution in [3.8, 4) is 0 Å². The van der Waals surface area contributed by atoms with E-state index in [1.807, 2.05) is 31.2 Å². The van der Waals surface area contributed by atoms with Crippen LogP contribution in [-0.4, -0.2) is 14.7 Å². The van der Waals surface area contributed by atoms with Crippen LogP contribution in [0.1, 0.15) is 25.0 Å². The van der Waals surface area contributed by atoms with Crippen molar-refractivity contribution < 1.29 is 12.6 Å². The lowest BCUT2D eigenvalue weighted by atomic mass is 10.1. The van der Waals surface area contributed by atoms with Gasteiger partial charge in [-0.1, -0.05) is 35.0 Å². The third-order valence-electron chi connectivity index (χ3n) is 1.90. The van der Waals surface area contributed by atoms with E-state index in [9.17, 15) is 8.42 Å². The second kappa shape index (κ2) is 5.09. The summed E-state index contributed by atoms with van der Waals surface area (Å²) in [7, 11) is -3.41. The maximum atomic E-state index is 11.0. The van der Waals surface area contributed by atoms with Gasteiger partial charge in [0.1, 0.15) is 6.10 Å². The highest BCUT2D eigenvalue weighted by atomic mass is 79.9. The van der Waals surface area contributed by atoms with Crippen LogP contribution in [0, 0.1) is 0 Å². The summed E-state index contributed by atoms with van der Waals surface area (Å²) in [6.45, 7) is 1.89. The lowest BCUT2D eigenvalue weighted by Crippen LogP contribution is -2.09. The second-order valence-corrected chi connectivity index (χ2v) is 5.77. The third kappa shape index (κ3) is 4.32. The highest BCUT2D eigenvalue weighted by Crippen LogP contribution is 2.24. The molecule has 0 aliphatic heterocycles. The Balaban J connectivity index is 2.88. The fourth-order valence-corrected chi connectivity index (χ4v) is 2.18. The third-order valence-corrected chi connectivity index (χ3v) is 3.01. The van der Waals surface area contributed by atoms with Gasteiger partial charge in [-0.2, -0.15) is 8.42 Å². The summed E-state index contributed by atoms with van der Waals surface area (Å²) in [4.78, 5) is 0. The van der Waals surface area contributed by atoms with Gasteiger partial charge in [-0.15, -0.1) is 0 Å². The lowest BCUT2D eigenvalue weighted by molar-refractivity contribution is 0.211. The van der Waals surface area contributed by atoms with Crippen LogP contribution in [0.2, 0.25) is 0 Å². The molecule has 0 saturated heterocycles. The normalized spacial score (nSPS) is 13.8. The molecule has 3 nitrogen and oxygen atoms in total. The molecule has 1 unspecified atom stereocenters. The maximum Gasteiger partial charge on any atom is 0.264 e. The van der Waals surface area contributed by atoms with Gasteiger partial charge < -0.3 is 0 Å². The molecule has 0 N–H and O–H groups in total.